The second-order valence-corrected chi connectivity index (χ2v) is 3.92. The van der Waals surface area contributed by atoms with Gasteiger partial charge in [-0.3, -0.25) is 0 Å². The summed E-state index contributed by atoms with van der Waals surface area (Å²) in [6.45, 7) is 1.58. The van der Waals surface area contributed by atoms with Gasteiger partial charge in [-0.05, 0) is 19.1 Å². The van der Waals surface area contributed by atoms with Gasteiger partial charge in [0.2, 0.25) is 0 Å². The summed E-state index contributed by atoms with van der Waals surface area (Å²) in [4.78, 5) is 15.2. The van der Waals surface area contributed by atoms with Crippen molar-refractivity contribution in [1.82, 2.24) is 4.98 Å². The van der Waals surface area contributed by atoms with E-state index >= 15 is 0 Å². The van der Waals surface area contributed by atoms with Crippen molar-refractivity contribution in [2.75, 3.05) is 6.61 Å². The van der Waals surface area contributed by atoms with Gasteiger partial charge in [0.05, 0.1) is 17.7 Å². The molecule has 2 rings (SSSR count). The van der Waals surface area contributed by atoms with Gasteiger partial charge >= 0.3 is 12.1 Å². The van der Waals surface area contributed by atoms with Gasteiger partial charge < -0.3 is 9.15 Å². The molecule has 21 heavy (non-hydrogen) atoms. The van der Waals surface area contributed by atoms with Crippen LogP contribution in [0.1, 0.15) is 23.0 Å². The number of aromatic nitrogens is 1. The van der Waals surface area contributed by atoms with E-state index in [-0.39, 0.29) is 12.3 Å². The average Bonchev–Trinajstić information content (AvgIpc) is 2.87. The molecule has 0 unspecified atom stereocenters. The summed E-state index contributed by atoms with van der Waals surface area (Å²) in [5.74, 6) is -2.84. The zero-order valence-electron chi connectivity index (χ0n) is 10.7. The molecule has 0 aliphatic rings. The fourth-order valence-corrected chi connectivity index (χ4v) is 1.71. The fraction of sp³-hybridized carbons (Fsp3) is 0.231. The van der Waals surface area contributed by atoms with E-state index in [1.165, 1.54) is 0 Å². The molecule has 4 nitrogen and oxygen atoms in total. The highest BCUT2D eigenvalue weighted by atomic mass is 19.4. The number of halogens is 4. The molecule has 0 saturated heterocycles. The van der Waals surface area contributed by atoms with E-state index in [4.69, 9.17) is 4.42 Å². The first-order valence-corrected chi connectivity index (χ1v) is 5.83. The fourth-order valence-electron chi connectivity index (χ4n) is 1.71. The van der Waals surface area contributed by atoms with E-state index in [1.54, 1.807) is 6.92 Å². The predicted molar refractivity (Wildman–Crippen MR) is 62.9 cm³/mol. The molecular weight excluding hydrogens is 294 g/mol. The third kappa shape index (κ3) is 2.88. The Kier molecular flexibility index (Phi) is 3.97. The highest BCUT2D eigenvalue weighted by molar-refractivity contribution is 5.93. The van der Waals surface area contributed by atoms with Crippen molar-refractivity contribution in [1.29, 1.82) is 0 Å². The summed E-state index contributed by atoms with van der Waals surface area (Å²) in [6, 6.07) is 2.67. The minimum atomic E-state index is -4.86. The van der Waals surface area contributed by atoms with Crippen LogP contribution in [0.15, 0.2) is 29.0 Å². The van der Waals surface area contributed by atoms with Gasteiger partial charge in [0, 0.05) is 0 Å². The van der Waals surface area contributed by atoms with Crippen LogP contribution in [0.25, 0.3) is 11.3 Å². The number of rotatable bonds is 3. The number of esters is 1. The summed E-state index contributed by atoms with van der Waals surface area (Å²) < 4.78 is 61.5. The van der Waals surface area contributed by atoms with Crippen molar-refractivity contribution in [3.8, 4) is 11.3 Å². The van der Waals surface area contributed by atoms with Gasteiger partial charge in [-0.25, -0.2) is 14.2 Å². The van der Waals surface area contributed by atoms with Crippen LogP contribution in [0.4, 0.5) is 17.6 Å². The first-order valence-electron chi connectivity index (χ1n) is 5.83. The summed E-state index contributed by atoms with van der Waals surface area (Å²) in [5.41, 5.74) is -2.34. The van der Waals surface area contributed by atoms with Gasteiger partial charge in [-0.2, -0.15) is 13.2 Å². The molecule has 1 aromatic carbocycles. The van der Waals surface area contributed by atoms with Crippen molar-refractivity contribution in [3.05, 3.63) is 41.7 Å². The number of benzene rings is 1. The van der Waals surface area contributed by atoms with E-state index in [1.807, 2.05) is 0 Å². The Bertz CT molecular complexity index is 664. The minimum Gasteiger partial charge on any atom is -0.461 e. The molecule has 0 aliphatic carbocycles. The zero-order valence-corrected chi connectivity index (χ0v) is 10.7. The lowest BCUT2D eigenvalue weighted by Crippen LogP contribution is -2.10. The smallest absolute Gasteiger partial charge is 0.419 e. The number of carbonyl (C=O) groups excluding carboxylic acids is 1. The van der Waals surface area contributed by atoms with Crippen LogP contribution in [0.3, 0.4) is 0 Å². The van der Waals surface area contributed by atoms with E-state index in [2.05, 4.69) is 9.72 Å². The van der Waals surface area contributed by atoms with Gasteiger partial charge in [0.15, 0.2) is 17.8 Å². The highest BCUT2D eigenvalue weighted by Gasteiger charge is 2.36. The quantitative estimate of drug-likeness (QED) is 0.641. The van der Waals surface area contributed by atoms with Crippen LogP contribution in [0.5, 0.6) is 0 Å². The molecule has 1 aromatic heterocycles. The SMILES string of the molecule is CCOC(=O)c1ncoc1-c1cccc(C(F)(F)F)c1F. The summed E-state index contributed by atoms with van der Waals surface area (Å²) in [5, 5.41) is 0. The number of ether oxygens (including phenoxy) is 1. The van der Waals surface area contributed by atoms with Crippen LogP contribution in [0.2, 0.25) is 0 Å². The third-order valence-electron chi connectivity index (χ3n) is 2.58. The largest absolute Gasteiger partial charge is 0.461 e. The average molecular weight is 303 g/mol. The zero-order chi connectivity index (χ0) is 15.6. The molecule has 112 valence electrons. The second kappa shape index (κ2) is 5.55. The maximum absolute atomic E-state index is 14.0. The number of alkyl halides is 3. The normalized spacial score (nSPS) is 11.5. The van der Waals surface area contributed by atoms with Crippen molar-refractivity contribution in [3.63, 3.8) is 0 Å². The first-order chi connectivity index (χ1) is 9.86. The van der Waals surface area contributed by atoms with Gasteiger partial charge in [0.25, 0.3) is 0 Å². The Hall–Kier alpha value is -2.38. The van der Waals surface area contributed by atoms with Crippen molar-refractivity contribution in [2.24, 2.45) is 0 Å². The molecule has 0 fully saturated rings. The lowest BCUT2D eigenvalue weighted by Gasteiger charge is -2.10. The van der Waals surface area contributed by atoms with E-state index in [0.717, 1.165) is 18.5 Å². The lowest BCUT2D eigenvalue weighted by atomic mass is 10.1. The van der Waals surface area contributed by atoms with Crippen molar-refractivity contribution < 1.29 is 31.5 Å². The molecule has 2 aromatic rings. The first kappa shape index (κ1) is 15.0. The van der Waals surface area contributed by atoms with Crippen molar-refractivity contribution in [2.45, 2.75) is 13.1 Å². The Morgan fingerprint density at radius 1 is 1.38 bits per heavy atom. The number of nitrogens with zero attached hydrogens (tertiary/aromatic N) is 1. The number of hydrogen-bond donors (Lipinski definition) is 0. The van der Waals surface area contributed by atoms with Crippen LogP contribution in [-0.2, 0) is 10.9 Å². The predicted octanol–water partition coefficient (Wildman–Crippen LogP) is 3.68. The summed E-state index contributed by atoms with van der Waals surface area (Å²) >= 11 is 0. The Morgan fingerprint density at radius 2 is 2.10 bits per heavy atom. The molecule has 0 atom stereocenters. The third-order valence-corrected chi connectivity index (χ3v) is 2.58. The molecule has 0 radical (unpaired) electrons. The summed E-state index contributed by atoms with van der Waals surface area (Å²) in [6.07, 6.45) is -4.02. The van der Waals surface area contributed by atoms with Gasteiger partial charge in [0.1, 0.15) is 5.82 Å². The minimum absolute atomic E-state index is 0.0379. The molecule has 0 N–H and O–H groups in total. The van der Waals surface area contributed by atoms with Crippen LogP contribution < -0.4 is 0 Å². The molecule has 8 heteroatoms. The van der Waals surface area contributed by atoms with Crippen LogP contribution in [-0.4, -0.2) is 17.6 Å². The Morgan fingerprint density at radius 3 is 2.71 bits per heavy atom. The molecule has 0 aliphatic heterocycles. The number of carbonyl (C=O) groups is 1. The Balaban J connectivity index is 2.54. The topological polar surface area (TPSA) is 52.3 Å². The molecule has 0 saturated carbocycles. The molecule has 1 heterocycles. The van der Waals surface area contributed by atoms with E-state index in [0.29, 0.717) is 6.07 Å². The van der Waals surface area contributed by atoms with Gasteiger partial charge in [-0.1, -0.05) is 6.07 Å². The molecule has 0 bridgehead atoms. The lowest BCUT2D eigenvalue weighted by molar-refractivity contribution is -0.139. The number of oxazole rings is 1. The number of hydrogen-bond acceptors (Lipinski definition) is 4. The maximum atomic E-state index is 14.0. The molecular formula is C13H9F4NO3. The molecule has 0 amide bonds. The van der Waals surface area contributed by atoms with Gasteiger partial charge in [-0.15, -0.1) is 0 Å². The van der Waals surface area contributed by atoms with Crippen LogP contribution >= 0.6 is 0 Å². The highest BCUT2D eigenvalue weighted by Crippen LogP contribution is 2.36. The maximum Gasteiger partial charge on any atom is 0.419 e. The van der Waals surface area contributed by atoms with E-state index in [9.17, 15) is 22.4 Å². The van der Waals surface area contributed by atoms with Crippen LogP contribution in [0, 0.1) is 5.82 Å². The molecule has 0 spiro atoms. The summed E-state index contributed by atoms with van der Waals surface area (Å²) in [7, 11) is 0. The second-order valence-electron chi connectivity index (χ2n) is 3.92. The van der Waals surface area contributed by atoms with E-state index < -0.39 is 34.8 Å². The monoisotopic (exact) mass is 303 g/mol. The Labute approximate surface area is 116 Å². The van der Waals surface area contributed by atoms with Crippen molar-refractivity contribution >= 4 is 5.97 Å². The standard InChI is InChI=1S/C13H9F4NO3/c1-2-20-12(19)10-11(21-6-18-10)7-4-3-5-8(9(7)14)13(15,16)17/h3-6H,2H2,1H3.